The molecule has 27 heavy (non-hydrogen) atoms. The van der Waals surface area contributed by atoms with Crippen molar-refractivity contribution in [3.63, 3.8) is 0 Å². The zero-order valence-corrected chi connectivity index (χ0v) is 14.6. The third-order valence-electron chi connectivity index (χ3n) is 3.86. The summed E-state index contributed by atoms with van der Waals surface area (Å²) >= 11 is 0. The molecule has 3 rings (SSSR count). The van der Waals surface area contributed by atoms with Crippen molar-refractivity contribution in [1.82, 2.24) is 20.2 Å². The Balaban J connectivity index is 1.87. The van der Waals surface area contributed by atoms with Gasteiger partial charge < -0.3 is 11.1 Å². The molecule has 0 radical (unpaired) electrons. The lowest BCUT2D eigenvalue weighted by molar-refractivity contribution is 0.100. The molecule has 0 fully saturated rings. The van der Waals surface area contributed by atoms with E-state index in [0.29, 0.717) is 0 Å². The molecule has 1 aromatic carbocycles. The summed E-state index contributed by atoms with van der Waals surface area (Å²) in [7, 11) is 0. The molecule has 138 valence electrons. The first kappa shape index (κ1) is 18.3. The van der Waals surface area contributed by atoms with Crippen LogP contribution in [0, 0.1) is 11.6 Å². The number of anilines is 1. The maximum atomic E-state index is 14.0. The molecule has 7 nitrogen and oxygen atoms in total. The summed E-state index contributed by atoms with van der Waals surface area (Å²) in [5.41, 5.74) is 4.81. The normalized spacial score (nSPS) is 11.3. The Kier molecular flexibility index (Phi) is 4.76. The number of aromatic nitrogens is 4. The Labute approximate surface area is 153 Å². The van der Waals surface area contributed by atoms with Crippen molar-refractivity contribution in [3.8, 4) is 11.3 Å². The van der Waals surface area contributed by atoms with Crippen molar-refractivity contribution in [3.05, 3.63) is 65.6 Å². The van der Waals surface area contributed by atoms with E-state index in [1.807, 2.05) is 0 Å². The second kappa shape index (κ2) is 7.02. The van der Waals surface area contributed by atoms with E-state index in [4.69, 9.17) is 5.73 Å². The van der Waals surface area contributed by atoms with E-state index < -0.39 is 23.1 Å². The number of hydrogen-bond acceptors (Lipinski definition) is 6. The van der Waals surface area contributed by atoms with E-state index in [-0.39, 0.29) is 28.5 Å². The van der Waals surface area contributed by atoms with E-state index in [2.05, 4.69) is 25.5 Å². The van der Waals surface area contributed by atoms with Gasteiger partial charge in [0, 0.05) is 17.3 Å². The first-order chi connectivity index (χ1) is 12.8. The molecule has 0 aliphatic carbocycles. The fraction of sp³-hybridized carbons (Fsp3) is 0.167. The number of amides is 1. The zero-order chi connectivity index (χ0) is 19.6. The van der Waals surface area contributed by atoms with Crippen LogP contribution in [0.15, 0.2) is 42.7 Å². The largest absolute Gasteiger partial charge is 0.366 e. The molecule has 0 saturated heterocycles. The third kappa shape index (κ3) is 3.86. The Morgan fingerprint density at radius 1 is 1.11 bits per heavy atom. The maximum absolute atomic E-state index is 14.0. The monoisotopic (exact) mass is 370 g/mol. The quantitative estimate of drug-likeness (QED) is 0.715. The summed E-state index contributed by atoms with van der Waals surface area (Å²) in [6.45, 7) is 3.43. The third-order valence-corrected chi connectivity index (χ3v) is 3.86. The molecule has 2 aromatic heterocycles. The first-order valence-corrected chi connectivity index (χ1v) is 7.96. The van der Waals surface area contributed by atoms with Crippen LogP contribution in [0.4, 0.5) is 14.7 Å². The molecular formula is C18H16F2N6O. The van der Waals surface area contributed by atoms with Crippen LogP contribution in [0.1, 0.15) is 29.9 Å². The van der Waals surface area contributed by atoms with Crippen molar-refractivity contribution < 1.29 is 13.6 Å². The molecule has 3 N–H and O–H groups in total. The number of primary amides is 1. The van der Waals surface area contributed by atoms with E-state index in [9.17, 15) is 13.6 Å². The van der Waals surface area contributed by atoms with Crippen LogP contribution in [0.25, 0.3) is 11.3 Å². The average Bonchev–Trinajstić information content (AvgIpc) is 2.62. The van der Waals surface area contributed by atoms with Crippen LogP contribution in [-0.2, 0) is 5.54 Å². The number of nitrogens with one attached hydrogen (secondary N) is 1. The molecule has 9 heteroatoms. The fourth-order valence-electron chi connectivity index (χ4n) is 2.51. The van der Waals surface area contributed by atoms with Crippen molar-refractivity contribution in [2.45, 2.75) is 19.4 Å². The maximum Gasteiger partial charge on any atom is 0.248 e. The van der Waals surface area contributed by atoms with E-state index in [0.717, 1.165) is 6.07 Å². The number of nitrogens with two attached hydrogens (primary N) is 1. The number of carbonyl (C=O) groups excluding carboxylic acids is 1. The highest BCUT2D eigenvalue weighted by molar-refractivity contribution is 5.94. The van der Waals surface area contributed by atoms with Gasteiger partial charge in [-0.1, -0.05) is 0 Å². The van der Waals surface area contributed by atoms with Gasteiger partial charge in [0.2, 0.25) is 11.9 Å². The van der Waals surface area contributed by atoms with Gasteiger partial charge in [0.15, 0.2) is 0 Å². The molecule has 0 aliphatic rings. The van der Waals surface area contributed by atoms with Gasteiger partial charge in [-0.2, -0.15) is 0 Å². The number of halogens is 2. The van der Waals surface area contributed by atoms with Crippen molar-refractivity contribution in [1.29, 1.82) is 0 Å². The van der Waals surface area contributed by atoms with Crippen LogP contribution in [0.5, 0.6) is 0 Å². The van der Waals surface area contributed by atoms with Crippen molar-refractivity contribution >= 4 is 11.9 Å². The Morgan fingerprint density at radius 2 is 1.89 bits per heavy atom. The fourth-order valence-corrected chi connectivity index (χ4v) is 2.51. The summed E-state index contributed by atoms with van der Waals surface area (Å²) in [6.07, 6.45) is 2.78. The van der Waals surface area contributed by atoms with Gasteiger partial charge in [-0.3, -0.25) is 9.78 Å². The SMILES string of the molecule is CC(C)(Nc1ncc(-c2cc(C(N)=O)ccc2F)nn1)c1ncccc1F. The number of benzene rings is 1. The number of hydrogen-bond donors (Lipinski definition) is 2. The summed E-state index contributed by atoms with van der Waals surface area (Å²) in [5.74, 6) is -1.63. The predicted molar refractivity (Wildman–Crippen MR) is 94.6 cm³/mol. The lowest BCUT2D eigenvalue weighted by Crippen LogP contribution is -2.31. The highest BCUT2D eigenvalue weighted by atomic mass is 19.1. The second-order valence-corrected chi connectivity index (χ2v) is 6.31. The van der Waals surface area contributed by atoms with Crippen molar-refractivity contribution in [2.75, 3.05) is 5.32 Å². The lowest BCUT2D eigenvalue weighted by atomic mass is 9.99. The van der Waals surface area contributed by atoms with Gasteiger partial charge >= 0.3 is 0 Å². The minimum Gasteiger partial charge on any atom is -0.366 e. The van der Waals surface area contributed by atoms with Crippen LogP contribution in [0.3, 0.4) is 0 Å². The molecule has 0 atom stereocenters. The Hall–Kier alpha value is -3.49. The summed E-state index contributed by atoms with van der Waals surface area (Å²) in [6, 6.07) is 6.49. The molecule has 3 aromatic rings. The van der Waals surface area contributed by atoms with Crippen molar-refractivity contribution in [2.24, 2.45) is 5.73 Å². The van der Waals surface area contributed by atoms with E-state index in [1.54, 1.807) is 13.8 Å². The molecule has 1 amide bonds. The van der Waals surface area contributed by atoms with Gasteiger partial charge in [-0.25, -0.2) is 13.8 Å². The van der Waals surface area contributed by atoms with Crippen LogP contribution < -0.4 is 11.1 Å². The number of pyridine rings is 1. The average molecular weight is 370 g/mol. The second-order valence-electron chi connectivity index (χ2n) is 6.31. The molecule has 0 aliphatic heterocycles. The number of nitrogens with zero attached hydrogens (tertiary/aromatic N) is 4. The van der Waals surface area contributed by atoms with Crippen LogP contribution in [0.2, 0.25) is 0 Å². The highest BCUT2D eigenvalue weighted by Gasteiger charge is 2.26. The number of rotatable bonds is 5. The minimum atomic E-state index is -0.911. The predicted octanol–water partition coefficient (Wildman–Crippen LogP) is 2.66. The van der Waals surface area contributed by atoms with Crippen LogP contribution >= 0.6 is 0 Å². The molecule has 0 unspecified atom stereocenters. The molecular weight excluding hydrogens is 354 g/mol. The van der Waals surface area contributed by atoms with Gasteiger partial charge in [0.1, 0.15) is 23.0 Å². The molecule has 0 saturated carbocycles. The Morgan fingerprint density at radius 3 is 2.52 bits per heavy atom. The van der Waals surface area contributed by atoms with Gasteiger partial charge in [-0.15, -0.1) is 10.2 Å². The molecule has 0 spiro atoms. The smallest absolute Gasteiger partial charge is 0.248 e. The summed E-state index contributed by atoms with van der Waals surface area (Å²) < 4.78 is 28.0. The topological polar surface area (TPSA) is 107 Å². The van der Waals surface area contributed by atoms with E-state index >= 15 is 0 Å². The number of carbonyl (C=O) groups is 1. The standard InChI is InChI=1S/C18H16F2N6O/c1-18(2,15-13(20)4-3-7-22-15)24-17-23-9-14(25-26-17)11-8-10(16(21)27)5-6-12(11)19/h3-9H,1-2H3,(H2,21,27)(H,23,24,26). The summed E-state index contributed by atoms with van der Waals surface area (Å²) in [5, 5.41) is 10.8. The highest BCUT2D eigenvalue weighted by Crippen LogP contribution is 2.25. The minimum absolute atomic E-state index is 0.0490. The first-order valence-electron chi connectivity index (χ1n) is 7.96. The van der Waals surface area contributed by atoms with Gasteiger partial charge in [-0.05, 0) is 44.2 Å². The molecule has 0 bridgehead atoms. The lowest BCUT2D eigenvalue weighted by Gasteiger charge is -2.25. The van der Waals surface area contributed by atoms with Crippen LogP contribution in [-0.4, -0.2) is 26.1 Å². The van der Waals surface area contributed by atoms with Gasteiger partial charge in [0.05, 0.1) is 11.7 Å². The Bertz CT molecular complexity index is 991. The zero-order valence-electron chi connectivity index (χ0n) is 14.6. The molecule has 2 heterocycles. The summed E-state index contributed by atoms with van der Waals surface area (Å²) in [4.78, 5) is 19.4. The van der Waals surface area contributed by atoms with E-state index in [1.165, 1.54) is 36.7 Å². The van der Waals surface area contributed by atoms with Gasteiger partial charge in [0.25, 0.3) is 0 Å².